The second-order valence-electron chi connectivity index (χ2n) is 6.43. The Balaban J connectivity index is 2.59. The van der Waals surface area contributed by atoms with Gasteiger partial charge in [-0.1, -0.05) is 12.1 Å². The van der Waals surface area contributed by atoms with Gasteiger partial charge in [-0.3, -0.25) is 9.69 Å². The molecule has 1 aromatic rings. The molecule has 2 amide bonds. The highest BCUT2D eigenvalue weighted by atomic mass is 19.4. The van der Waals surface area contributed by atoms with Crippen molar-refractivity contribution in [3.63, 3.8) is 0 Å². The van der Waals surface area contributed by atoms with Crippen LogP contribution >= 0.6 is 0 Å². The molecule has 0 saturated carbocycles. The van der Waals surface area contributed by atoms with Gasteiger partial charge < -0.3 is 20.1 Å². The molecule has 2 N–H and O–H groups in total. The zero-order valence-corrected chi connectivity index (χ0v) is 15.4. The third kappa shape index (κ3) is 3.53. The van der Waals surface area contributed by atoms with Crippen LogP contribution in [0.2, 0.25) is 0 Å². The molecular weight excluding hydrogens is 367 g/mol. The second-order valence-corrected chi connectivity index (χ2v) is 6.43. The SMILES string of the molecule is CCOC(=O)[C@@H]1[C@H](c2ccc(N(C)C)cc2)NC(=O)N(C)[C@]1(O)C(F)(F)F. The number of nitrogens with one attached hydrogen (secondary N) is 1. The van der Waals surface area contributed by atoms with Gasteiger partial charge in [0.2, 0.25) is 0 Å². The fourth-order valence-electron chi connectivity index (χ4n) is 3.06. The second kappa shape index (κ2) is 7.26. The summed E-state index contributed by atoms with van der Waals surface area (Å²) in [5.41, 5.74) is -2.70. The highest BCUT2D eigenvalue weighted by Crippen LogP contribution is 2.46. The molecule has 10 heteroatoms. The molecule has 1 aromatic carbocycles. The number of nitrogens with zero attached hydrogens (tertiary/aromatic N) is 2. The van der Waals surface area contributed by atoms with Crippen LogP contribution in [0.3, 0.4) is 0 Å². The topological polar surface area (TPSA) is 82.1 Å². The van der Waals surface area contributed by atoms with E-state index in [1.54, 1.807) is 31.1 Å². The summed E-state index contributed by atoms with van der Waals surface area (Å²) < 4.78 is 46.1. The first-order valence-corrected chi connectivity index (χ1v) is 8.22. The van der Waals surface area contributed by atoms with Crippen molar-refractivity contribution in [1.29, 1.82) is 0 Å². The summed E-state index contributed by atoms with van der Waals surface area (Å²) in [4.78, 5) is 26.4. The lowest BCUT2D eigenvalue weighted by molar-refractivity contribution is -0.328. The van der Waals surface area contributed by atoms with E-state index in [-0.39, 0.29) is 17.1 Å². The van der Waals surface area contributed by atoms with Crippen LogP contribution in [0.25, 0.3) is 0 Å². The standard InChI is InChI=1S/C17H22F3N3O4/c1-5-27-14(24)12-13(10-6-8-11(9-7-10)22(2)3)21-15(25)23(4)16(12,26)17(18,19)20/h6-9,12-13,26H,5H2,1-4H3,(H,21,25)/t12-,13-,16+/m0/s1. The van der Waals surface area contributed by atoms with E-state index in [1.165, 1.54) is 19.1 Å². The number of rotatable bonds is 4. The minimum absolute atomic E-state index is 0.0826. The van der Waals surface area contributed by atoms with Gasteiger partial charge in [-0.05, 0) is 24.6 Å². The Morgan fingerprint density at radius 1 is 1.33 bits per heavy atom. The predicted octanol–water partition coefficient (Wildman–Crippen LogP) is 1.88. The average Bonchev–Trinajstić information content (AvgIpc) is 2.58. The quantitative estimate of drug-likeness (QED) is 0.769. The van der Waals surface area contributed by atoms with E-state index < -0.39 is 35.9 Å². The number of alkyl halides is 3. The minimum Gasteiger partial charge on any atom is -0.466 e. The number of hydrogen-bond donors (Lipinski definition) is 2. The van der Waals surface area contributed by atoms with Crippen molar-refractivity contribution in [2.24, 2.45) is 5.92 Å². The highest BCUT2D eigenvalue weighted by Gasteiger charge is 2.69. The minimum atomic E-state index is -5.28. The molecule has 2 rings (SSSR count). The highest BCUT2D eigenvalue weighted by molar-refractivity contribution is 5.83. The van der Waals surface area contributed by atoms with E-state index in [4.69, 9.17) is 4.74 Å². The molecule has 150 valence electrons. The molecule has 0 aliphatic carbocycles. The van der Waals surface area contributed by atoms with Gasteiger partial charge in [0.25, 0.3) is 5.72 Å². The maximum atomic E-state index is 13.8. The van der Waals surface area contributed by atoms with E-state index in [0.29, 0.717) is 0 Å². The molecule has 3 atom stereocenters. The first-order chi connectivity index (χ1) is 12.4. The third-order valence-corrected chi connectivity index (χ3v) is 4.59. The first kappa shape index (κ1) is 20.8. The number of carbonyl (C=O) groups excluding carboxylic acids is 2. The summed E-state index contributed by atoms with van der Waals surface area (Å²) in [6.07, 6.45) is -5.28. The van der Waals surface area contributed by atoms with Crippen LogP contribution < -0.4 is 10.2 Å². The molecule has 1 aliphatic heterocycles. The van der Waals surface area contributed by atoms with Crippen molar-refractivity contribution < 1.29 is 32.6 Å². The fraction of sp³-hybridized carbons (Fsp3) is 0.529. The van der Waals surface area contributed by atoms with Gasteiger partial charge in [0.1, 0.15) is 5.92 Å². The molecule has 1 saturated heterocycles. The lowest BCUT2D eigenvalue weighted by Gasteiger charge is -2.49. The van der Waals surface area contributed by atoms with Crippen molar-refractivity contribution in [3.8, 4) is 0 Å². The number of benzene rings is 1. The number of aliphatic hydroxyl groups is 1. The van der Waals surface area contributed by atoms with E-state index in [9.17, 15) is 27.9 Å². The molecule has 1 fully saturated rings. The normalized spacial score (nSPS) is 25.8. The average molecular weight is 389 g/mol. The molecule has 0 unspecified atom stereocenters. The van der Waals surface area contributed by atoms with Crippen LogP contribution in [-0.4, -0.2) is 61.7 Å². The van der Waals surface area contributed by atoms with Crippen LogP contribution in [0.5, 0.6) is 0 Å². The van der Waals surface area contributed by atoms with E-state index in [1.807, 2.05) is 0 Å². The van der Waals surface area contributed by atoms with E-state index >= 15 is 0 Å². The molecule has 0 spiro atoms. The molecule has 27 heavy (non-hydrogen) atoms. The van der Waals surface area contributed by atoms with Crippen LogP contribution in [-0.2, 0) is 9.53 Å². The summed E-state index contributed by atoms with van der Waals surface area (Å²) in [5, 5.41) is 12.9. The smallest absolute Gasteiger partial charge is 0.437 e. The predicted molar refractivity (Wildman–Crippen MR) is 90.9 cm³/mol. The van der Waals surface area contributed by atoms with Crippen LogP contribution in [0.4, 0.5) is 23.7 Å². The third-order valence-electron chi connectivity index (χ3n) is 4.59. The Hall–Kier alpha value is -2.49. The summed E-state index contributed by atoms with van der Waals surface area (Å²) >= 11 is 0. The van der Waals surface area contributed by atoms with Gasteiger partial charge in [-0.25, -0.2) is 4.79 Å². The van der Waals surface area contributed by atoms with Gasteiger partial charge >= 0.3 is 18.2 Å². The van der Waals surface area contributed by atoms with Gasteiger partial charge in [0.15, 0.2) is 0 Å². The van der Waals surface area contributed by atoms with Crippen molar-refractivity contribution in [2.75, 3.05) is 32.6 Å². The van der Waals surface area contributed by atoms with Crippen LogP contribution in [0.15, 0.2) is 24.3 Å². The van der Waals surface area contributed by atoms with Crippen molar-refractivity contribution in [1.82, 2.24) is 10.2 Å². The monoisotopic (exact) mass is 389 g/mol. The first-order valence-electron chi connectivity index (χ1n) is 8.22. The molecule has 1 heterocycles. The Kier molecular flexibility index (Phi) is 5.60. The zero-order valence-electron chi connectivity index (χ0n) is 15.4. The Bertz CT molecular complexity index is 708. The molecule has 1 aliphatic rings. The molecule has 0 aromatic heterocycles. The van der Waals surface area contributed by atoms with Crippen molar-refractivity contribution in [3.05, 3.63) is 29.8 Å². The Morgan fingerprint density at radius 2 is 1.89 bits per heavy atom. The summed E-state index contributed by atoms with van der Waals surface area (Å²) in [6.45, 7) is 1.27. The molecular formula is C17H22F3N3O4. The lowest BCUT2D eigenvalue weighted by atomic mass is 9.81. The summed E-state index contributed by atoms with van der Waals surface area (Å²) in [6, 6.07) is 3.68. The van der Waals surface area contributed by atoms with Gasteiger partial charge in [-0.15, -0.1) is 0 Å². The van der Waals surface area contributed by atoms with Gasteiger partial charge in [0, 0.05) is 26.8 Å². The maximum Gasteiger partial charge on any atom is 0.437 e. The Labute approximate surface area is 154 Å². The van der Waals surface area contributed by atoms with Crippen molar-refractivity contribution >= 4 is 17.7 Å². The maximum absolute atomic E-state index is 13.8. The van der Waals surface area contributed by atoms with E-state index in [0.717, 1.165) is 12.7 Å². The zero-order chi connectivity index (χ0) is 20.6. The number of halogens is 3. The van der Waals surface area contributed by atoms with Crippen molar-refractivity contribution in [2.45, 2.75) is 24.9 Å². The number of amides is 2. The lowest BCUT2D eigenvalue weighted by Crippen LogP contribution is -2.73. The Morgan fingerprint density at radius 3 is 2.33 bits per heavy atom. The van der Waals surface area contributed by atoms with E-state index in [2.05, 4.69) is 5.32 Å². The van der Waals surface area contributed by atoms with Gasteiger partial charge in [0.05, 0.1) is 12.6 Å². The number of anilines is 1. The molecule has 7 nitrogen and oxygen atoms in total. The number of hydrogen-bond acceptors (Lipinski definition) is 5. The van der Waals surface area contributed by atoms with Gasteiger partial charge in [-0.2, -0.15) is 13.2 Å². The number of ether oxygens (including phenoxy) is 1. The number of esters is 1. The molecule has 0 radical (unpaired) electrons. The molecule has 0 bridgehead atoms. The summed E-state index contributed by atoms with van der Waals surface area (Å²) in [7, 11) is 4.35. The number of urea groups is 1. The van der Waals surface area contributed by atoms with Crippen LogP contribution in [0.1, 0.15) is 18.5 Å². The largest absolute Gasteiger partial charge is 0.466 e. The number of carbonyl (C=O) groups is 2. The fourth-order valence-corrected chi connectivity index (χ4v) is 3.06. The summed E-state index contributed by atoms with van der Waals surface area (Å²) in [5.74, 6) is -3.36. The van der Waals surface area contributed by atoms with Crippen LogP contribution in [0, 0.1) is 5.92 Å².